The molecule has 0 unspecified atom stereocenters. The Hall–Kier alpha value is -5.05. The Morgan fingerprint density at radius 3 is 2.44 bits per heavy atom. The summed E-state index contributed by atoms with van der Waals surface area (Å²) >= 11 is 0. The van der Waals surface area contributed by atoms with Crippen LogP contribution in [0.15, 0.2) is 91.1 Å². The van der Waals surface area contributed by atoms with Crippen molar-refractivity contribution in [2.24, 2.45) is 5.73 Å². The predicted molar refractivity (Wildman–Crippen MR) is 135 cm³/mol. The minimum Gasteiger partial charge on any atom is -0.368 e. The number of aromatic nitrogens is 2. The van der Waals surface area contributed by atoms with Crippen LogP contribution in [0.25, 0.3) is 23.0 Å². The van der Waals surface area contributed by atoms with E-state index < -0.39 is 17.7 Å². The van der Waals surface area contributed by atoms with Gasteiger partial charge in [-0.3, -0.25) is 14.4 Å². The van der Waals surface area contributed by atoms with E-state index in [0.29, 0.717) is 22.5 Å². The van der Waals surface area contributed by atoms with Crippen molar-refractivity contribution in [3.63, 3.8) is 0 Å². The van der Waals surface area contributed by atoms with E-state index in [1.165, 1.54) is 24.3 Å². The highest BCUT2D eigenvalue weighted by molar-refractivity contribution is 6.03. The van der Waals surface area contributed by atoms with Crippen LogP contribution < -0.4 is 16.4 Å². The first-order chi connectivity index (χ1) is 17.4. The summed E-state index contributed by atoms with van der Waals surface area (Å²) in [5.74, 6) is -1.93. The number of para-hydroxylation sites is 1. The molecule has 0 aliphatic heterocycles. The van der Waals surface area contributed by atoms with Gasteiger partial charge in [0.1, 0.15) is 5.82 Å². The third kappa shape index (κ3) is 6.09. The number of anilines is 1. The number of carbonyl (C=O) groups is 3. The molecule has 4 rings (SSSR count). The van der Waals surface area contributed by atoms with E-state index >= 15 is 0 Å². The summed E-state index contributed by atoms with van der Waals surface area (Å²) in [6.45, 7) is -0.286. The van der Waals surface area contributed by atoms with Gasteiger partial charge in [-0.1, -0.05) is 24.3 Å². The van der Waals surface area contributed by atoms with E-state index in [1.807, 2.05) is 30.3 Å². The molecule has 8 nitrogen and oxygen atoms in total. The maximum Gasteiger partial charge on any atom is 0.251 e. The quantitative estimate of drug-likeness (QED) is 0.332. The molecule has 0 radical (unpaired) electrons. The van der Waals surface area contributed by atoms with Gasteiger partial charge in [-0.25, -0.2) is 9.07 Å². The highest BCUT2D eigenvalue weighted by Crippen LogP contribution is 2.25. The number of hydrogen-bond acceptors (Lipinski definition) is 4. The molecule has 3 amide bonds. The highest BCUT2D eigenvalue weighted by Gasteiger charge is 2.12. The monoisotopic (exact) mass is 483 g/mol. The molecule has 1 aromatic heterocycles. The first-order valence-corrected chi connectivity index (χ1v) is 11.0. The van der Waals surface area contributed by atoms with Crippen LogP contribution in [0.2, 0.25) is 0 Å². The Morgan fingerprint density at radius 1 is 0.972 bits per heavy atom. The van der Waals surface area contributed by atoms with Gasteiger partial charge in [0.25, 0.3) is 5.91 Å². The number of nitrogens with one attached hydrogen (secondary N) is 2. The van der Waals surface area contributed by atoms with Crippen molar-refractivity contribution >= 4 is 29.5 Å². The molecule has 0 aliphatic carbocycles. The highest BCUT2D eigenvalue weighted by atomic mass is 19.1. The summed E-state index contributed by atoms with van der Waals surface area (Å²) in [5.41, 5.74) is 8.46. The fourth-order valence-corrected chi connectivity index (χ4v) is 3.41. The van der Waals surface area contributed by atoms with Crippen LogP contribution in [0.4, 0.5) is 10.1 Å². The SMILES string of the molecule is NC(=O)CNC(=O)c1cccc(NC(=O)C=Cc2cn(-c3ccccc3)nc2-c2ccc(F)cc2)c1. The summed E-state index contributed by atoms with van der Waals surface area (Å²) < 4.78 is 15.1. The first-order valence-electron chi connectivity index (χ1n) is 11.0. The second-order valence-corrected chi connectivity index (χ2v) is 7.77. The maximum absolute atomic E-state index is 13.5. The zero-order valence-electron chi connectivity index (χ0n) is 19.0. The van der Waals surface area contributed by atoms with E-state index in [0.717, 1.165) is 5.69 Å². The van der Waals surface area contributed by atoms with Crippen molar-refractivity contribution in [1.82, 2.24) is 15.1 Å². The molecule has 0 fully saturated rings. The molecule has 4 aromatic rings. The molecule has 0 spiro atoms. The molecule has 0 atom stereocenters. The minimum atomic E-state index is -0.659. The summed E-state index contributed by atoms with van der Waals surface area (Å²) in [5, 5.41) is 9.73. The number of benzene rings is 3. The number of carbonyl (C=O) groups excluding carboxylic acids is 3. The Kier molecular flexibility index (Phi) is 7.30. The lowest BCUT2D eigenvalue weighted by Crippen LogP contribution is -2.33. The first kappa shape index (κ1) is 24.1. The standard InChI is InChI=1S/C27H22FN5O3/c28-21-12-9-18(10-13-21)26-20(17-33(32-26)23-7-2-1-3-8-23)11-14-25(35)31-22-6-4-5-19(15-22)27(36)30-16-24(29)34/h1-15,17H,16H2,(H2,29,34)(H,30,36)(H,31,35). The Balaban J connectivity index is 1.55. The summed E-state index contributed by atoms with van der Waals surface area (Å²) in [4.78, 5) is 35.6. The molecule has 1 heterocycles. The Morgan fingerprint density at radius 2 is 1.72 bits per heavy atom. The predicted octanol–water partition coefficient (Wildman–Crippen LogP) is 3.55. The van der Waals surface area contributed by atoms with Crippen molar-refractivity contribution < 1.29 is 18.8 Å². The average molecular weight is 484 g/mol. The van der Waals surface area contributed by atoms with Crippen molar-refractivity contribution in [2.45, 2.75) is 0 Å². The third-order valence-electron chi connectivity index (χ3n) is 5.11. The van der Waals surface area contributed by atoms with E-state index in [4.69, 9.17) is 5.73 Å². The van der Waals surface area contributed by atoms with Crippen molar-refractivity contribution in [1.29, 1.82) is 0 Å². The van der Waals surface area contributed by atoms with Crippen molar-refractivity contribution in [3.8, 4) is 16.9 Å². The van der Waals surface area contributed by atoms with Crippen molar-refractivity contribution in [2.75, 3.05) is 11.9 Å². The van der Waals surface area contributed by atoms with Crippen LogP contribution in [-0.4, -0.2) is 34.0 Å². The molecular weight excluding hydrogens is 461 g/mol. The van der Waals surface area contributed by atoms with E-state index in [1.54, 1.807) is 47.3 Å². The van der Waals surface area contributed by atoms with E-state index in [9.17, 15) is 18.8 Å². The molecule has 3 aromatic carbocycles. The molecule has 0 saturated heterocycles. The number of amides is 3. The molecule has 4 N–H and O–H groups in total. The maximum atomic E-state index is 13.5. The van der Waals surface area contributed by atoms with Gasteiger partial charge < -0.3 is 16.4 Å². The lowest BCUT2D eigenvalue weighted by atomic mass is 10.1. The minimum absolute atomic E-state index is 0.265. The molecule has 0 aliphatic rings. The van der Waals surface area contributed by atoms with Gasteiger partial charge in [0.2, 0.25) is 11.8 Å². The molecule has 36 heavy (non-hydrogen) atoms. The summed E-state index contributed by atoms with van der Waals surface area (Å²) in [6.07, 6.45) is 4.74. The van der Waals surface area contributed by atoms with Crippen LogP contribution in [0.1, 0.15) is 15.9 Å². The molecular formula is C27H22FN5O3. The fourth-order valence-electron chi connectivity index (χ4n) is 3.41. The molecule has 0 saturated carbocycles. The molecule has 9 heteroatoms. The van der Waals surface area contributed by atoms with Gasteiger partial charge in [0.15, 0.2) is 0 Å². The lowest BCUT2D eigenvalue weighted by molar-refractivity contribution is -0.117. The second-order valence-electron chi connectivity index (χ2n) is 7.77. The average Bonchev–Trinajstić information content (AvgIpc) is 3.31. The number of nitrogens with two attached hydrogens (primary N) is 1. The zero-order chi connectivity index (χ0) is 25.5. The zero-order valence-corrected chi connectivity index (χ0v) is 19.0. The summed E-state index contributed by atoms with van der Waals surface area (Å²) in [6, 6.07) is 21.7. The van der Waals surface area contributed by atoms with Gasteiger partial charge in [0, 0.05) is 34.7 Å². The number of halogens is 1. The normalized spacial score (nSPS) is 10.8. The fraction of sp³-hybridized carbons (Fsp3) is 0.0370. The van der Waals surface area contributed by atoms with Crippen LogP contribution >= 0.6 is 0 Å². The number of primary amides is 1. The largest absolute Gasteiger partial charge is 0.368 e. The Labute approximate surface area is 206 Å². The summed E-state index contributed by atoms with van der Waals surface area (Å²) in [7, 11) is 0. The number of nitrogens with zero attached hydrogens (tertiary/aromatic N) is 2. The number of rotatable bonds is 8. The Bertz CT molecular complexity index is 1430. The third-order valence-corrected chi connectivity index (χ3v) is 5.11. The van der Waals surface area contributed by atoms with Gasteiger partial charge >= 0.3 is 0 Å². The van der Waals surface area contributed by atoms with Gasteiger partial charge in [-0.15, -0.1) is 0 Å². The number of hydrogen-bond donors (Lipinski definition) is 3. The lowest BCUT2D eigenvalue weighted by Gasteiger charge is -2.06. The van der Waals surface area contributed by atoms with Gasteiger partial charge in [-0.2, -0.15) is 5.10 Å². The smallest absolute Gasteiger partial charge is 0.251 e. The second kappa shape index (κ2) is 10.9. The van der Waals surface area contributed by atoms with E-state index in [-0.39, 0.29) is 17.9 Å². The molecule has 0 bridgehead atoms. The van der Waals surface area contributed by atoms with Gasteiger partial charge in [-0.05, 0) is 60.7 Å². The van der Waals surface area contributed by atoms with Crippen LogP contribution in [0, 0.1) is 5.82 Å². The van der Waals surface area contributed by atoms with E-state index in [2.05, 4.69) is 15.7 Å². The molecule has 180 valence electrons. The topological polar surface area (TPSA) is 119 Å². The van der Waals surface area contributed by atoms with Crippen molar-refractivity contribution in [3.05, 3.63) is 108 Å². The van der Waals surface area contributed by atoms with Gasteiger partial charge in [0.05, 0.1) is 17.9 Å². The van der Waals surface area contributed by atoms with Crippen LogP contribution in [0.5, 0.6) is 0 Å². The van der Waals surface area contributed by atoms with Crippen LogP contribution in [0.3, 0.4) is 0 Å². The van der Waals surface area contributed by atoms with Crippen LogP contribution in [-0.2, 0) is 9.59 Å².